The highest BCUT2D eigenvalue weighted by atomic mass is 16.5. The van der Waals surface area contributed by atoms with Gasteiger partial charge in [0.15, 0.2) is 0 Å². The summed E-state index contributed by atoms with van der Waals surface area (Å²) in [5.74, 6) is 1.52. The van der Waals surface area contributed by atoms with E-state index in [-0.39, 0.29) is 6.10 Å². The van der Waals surface area contributed by atoms with E-state index < -0.39 is 0 Å². The summed E-state index contributed by atoms with van der Waals surface area (Å²) in [6, 6.07) is 17.4. The van der Waals surface area contributed by atoms with Gasteiger partial charge in [-0.05, 0) is 56.5 Å². The van der Waals surface area contributed by atoms with Crippen LogP contribution in [0.2, 0.25) is 0 Å². The topological polar surface area (TPSA) is 40.3 Å². The molecule has 0 bridgehead atoms. The fourth-order valence-corrected chi connectivity index (χ4v) is 4.16. The number of aromatic nitrogens is 1. The van der Waals surface area contributed by atoms with Crippen molar-refractivity contribution in [2.24, 2.45) is 0 Å². The molecule has 2 aromatic carbocycles. The molecule has 0 saturated carbocycles. The zero-order valence-corrected chi connectivity index (χ0v) is 17.1. The largest absolute Gasteiger partial charge is 0.485 e. The zero-order chi connectivity index (χ0) is 19.5. The third-order valence-corrected chi connectivity index (χ3v) is 5.77. The lowest BCUT2D eigenvalue weighted by Gasteiger charge is -2.39. The predicted octanol–water partition coefficient (Wildman–Crippen LogP) is 4.93. The lowest BCUT2D eigenvalue weighted by molar-refractivity contribution is 0.186. The van der Waals surface area contributed by atoms with Crippen LogP contribution in [0.15, 0.2) is 54.7 Å². The van der Waals surface area contributed by atoms with Gasteiger partial charge >= 0.3 is 0 Å². The molecular weight excluding hydrogens is 346 g/mol. The van der Waals surface area contributed by atoms with Crippen LogP contribution in [0.1, 0.15) is 38.7 Å². The Morgan fingerprint density at radius 1 is 1.11 bits per heavy atom. The molecule has 1 aliphatic rings. The summed E-state index contributed by atoms with van der Waals surface area (Å²) in [4.78, 5) is 5.83. The standard InChI is InChI=1S/C24H31N3O/c1-17(2)27-16-19(28-24-11-7-6-10-23(24)27)14-25-13-12-18(3)21-15-26-22-9-5-4-8-20(21)22/h4-11,15,17-19,25-26H,12-14,16H2,1-3H3. The van der Waals surface area contributed by atoms with E-state index >= 15 is 0 Å². The Hall–Kier alpha value is -2.46. The van der Waals surface area contributed by atoms with E-state index in [0.29, 0.717) is 12.0 Å². The SMILES string of the molecule is CC(CCNCC1CN(C(C)C)c2ccccc2O1)c1c[nH]c2ccccc12. The van der Waals surface area contributed by atoms with E-state index in [1.165, 1.54) is 22.2 Å². The number of nitrogens with zero attached hydrogens (tertiary/aromatic N) is 1. The van der Waals surface area contributed by atoms with E-state index in [9.17, 15) is 0 Å². The molecule has 0 saturated heterocycles. The third kappa shape index (κ3) is 3.88. The Balaban J connectivity index is 1.31. The normalized spacial score (nSPS) is 17.6. The Labute approximate surface area is 167 Å². The van der Waals surface area contributed by atoms with Crippen LogP contribution in [0, 0.1) is 0 Å². The second-order valence-corrected chi connectivity index (χ2v) is 8.14. The zero-order valence-electron chi connectivity index (χ0n) is 17.1. The van der Waals surface area contributed by atoms with Crippen LogP contribution in [-0.4, -0.2) is 36.8 Å². The Morgan fingerprint density at radius 3 is 2.75 bits per heavy atom. The van der Waals surface area contributed by atoms with Gasteiger partial charge in [-0.3, -0.25) is 0 Å². The molecule has 2 heterocycles. The predicted molar refractivity (Wildman–Crippen MR) is 118 cm³/mol. The summed E-state index contributed by atoms with van der Waals surface area (Å²) in [5, 5.41) is 4.97. The van der Waals surface area contributed by atoms with Crippen LogP contribution in [0.25, 0.3) is 10.9 Å². The molecule has 148 valence electrons. The van der Waals surface area contributed by atoms with Gasteiger partial charge in [-0.2, -0.15) is 0 Å². The molecule has 0 amide bonds. The third-order valence-electron chi connectivity index (χ3n) is 5.77. The van der Waals surface area contributed by atoms with Crippen molar-refractivity contribution >= 4 is 16.6 Å². The van der Waals surface area contributed by atoms with Gasteiger partial charge < -0.3 is 19.9 Å². The lowest BCUT2D eigenvalue weighted by Crippen LogP contribution is -2.47. The molecule has 0 radical (unpaired) electrons. The number of hydrogen-bond donors (Lipinski definition) is 2. The van der Waals surface area contributed by atoms with Crippen molar-refractivity contribution < 1.29 is 4.74 Å². The van der Waals surface area contributed by atoms with Crippen LogP contribution in [0.5, 0.6) is 5.75 Å². The number of para-hydroxylation sites is 3. The van der Waals surface area contributed by atoms with Gasteiger partial charge in [-0.25, -0.2) is 0 Å². The number of benzene rings is 2. The summed E-state index contributed by atoms with van der Waals surface area (Å²) < 4.78 is 6.24. The number of fused-ring (bicyclic) bond motifs is 2. The van der Waals surface area contributed by atoms with Crippen LogP contribution in [0.4, 0.5) is 5.69 Å². The molecule has 1 aliphatic heterocycles. The van der Waals surface area contributed by atoms with Gasteiger partial charge in [-0.15, -0.1) is 0 Å². The van der Waals surface area contributed by atoms with Crippen molar-refractivity contribution in [1.82, 2.24) is 10.3 Å². The summed E-state index contributed by atoms with van der Waals surface area (Å²) >= 11 is 0. The molecule has 0 fully saturated rings. The molecule has 2 unspecified atom stereocenters. The maximum absolute atomic E-state index is 6.24. The van der Waals surface area contributed by atoms with E-state index in [0.717, 1.165) is 31.8 Å². The maximum Gasteiger partial charge on any atom is 0.143 e. The van der Waals surface area contributed by atoms with Gasteiger partial charge in [0.25, 0.3) is 0 Å². The number of aromatic amines is 1. The first-order valence-corrected chi connectivity index (χ1v) is 10.4. The van der Waals surface area contributed by atoms with E-state index in [2.05, 4.69) is 90.7 Å². The number of rotatable bonds is 7. The first kappa shape index (κ1) is 18.9. The fraction of sp³-hybridized carbons (Fsp3) is 0.417. The first-order chi connectivity index (χ1) is 13.6. The van der Waals surface area contributed by atoms with Gasteiger partial charge in [-0.1, -0.05) is 37.3 Å². The van der Waals surface area contributed by atoms with Crippen LogP contribution < -0.4 is 15.0 Å². The smallest absolute Gasteiger partial charge is 0.143 e. The summed E-state index contributed by atoms with van der Waals surface area (Å²) in [5.41, 5.74) is 3.84. The molecule has 2 atom stereocenters. The number of H-pyrrole nitrogens is 1. The molecule has 4 heteroatoms. The van der Waals surface area contributed by atoms with Crippen LogP contribution >= 0.6 is 0 Å². The van der Waals surface area contributed by atoms with E-state index in [1.54, 1.807) is 0 Å². The molecule has 2 N–H and O–H groups in total. The molecular formula is C24H31N3O. The quantitative estimate of drug-likeness (QED) is 0.574. The van der Waals surface area contributed by atoms with Crippen molar-refractivity contribution in [1.29, 1.82) is 0 Å². The fourth-order valence-electron chi connectivity index (χ4n) is 4.16. The first-order valence-electron chi connectivity index (χ1n) is 10.4. The van der Waals surface area contributed by atoms with E-state index in [4.69, 9.17) is 4.74 Å². The second kappa shape index (κ2) is 8.27. The molecule has 3 aromatic rings. The molecule has 1 aromatic heterocycles. The van der Waals surface area contributed by atoms with Crippen molar-refractivity contribution in [2.75, 3.05) is 24.5 Å². The Bertz CT molecular complexity index is 917. The summed E-state index contributed by atoms with van der Waals surface area (Å²) in [6.45, 7) is 9.60. The van der Waals surface area contributed by atoms with Crippen molar-refractivity contribution in [2.45, 2.75) is 45.3 Å². The molecule has 28 heavy (non-hydrogen) atoms. The van der Waals surface area contributed by atoms with Gasteiger partial charge in [0.2, 0.25) is 0 Å². The van der Waals surface area contributed by atoms with Crippen molar-refractivity contribution in [3.63, 3.8) is 0 Å². The van der Waals surface area contributed by atoms with Crippen molar-refractivity contribution in [3.05, 3.63) is 60.3 Å². The number of ether oxygens (including phenoxy) is 1. The van der Waals surface area contributed by atoms with Crippen LogP contribution in [0.3, 0.4) is 0 Å². The number of hydrogen-bond acceptors (Lipinski definition) is 3. The van der Waals surface area contributed by atoms with Gasteiger partial charge in [0, 0.05) is 29.7 Å². The average Bonchev–Trinajstić information content (AvgIpc) is 3.14. The number of anilines is 1. The molecule has 0 aliphatic carbocycles. The summed E-state index contributed by atoms with van der Waals surface area (Å²) in [6.07, 6.45) is 3.46. The highest BCUT2D eigenvalue weighted by molar-refractivity contribution is 5.83. The average molecular weight is 378 g/mol. The number of nitrogens with one attached hydrogen (secondary N) is 2. The van der Waals surface area contributed by atoms with Crippen molar-refractivity contribution in [3.8, 4) is 5.75 Å². The summed E-state index contributed by atoms with van der Waals surface area (Å²) in [7, 11) is 0. The van der Waals surface area contributed by atoms with E-state index in [1.807, 2.05) is 0 Å². The highest BCUT2D eigenvalue weighted by Gasteiger charge is 2.26. The lowest BCUT2D eigenvalue weighted by atomic mass is 9.97. The minimum atomic E-state index is 0.181. The Morgan fingerprint density at radius 2 is 1.89 bits per heavy atom. The molecule has 4 rings (SSSR count). The second-order valence-electron chi connectivity index (χ2n) is 8.14. The monoisotopic (exact) mass is 377 g/mol. The molecule has 4 nitrogen and oxygen atoms in total. The maximum atomic E-state index is 6.24. The van der Waals surface area contributed by atoms with Gasteiger partial charge in [0.05, 0.1) is 12.2 Å². The Kier molecular flexibility index (Phi) is 5.58. The van der Waals surface area contributed by atoms with Crippen LogP contribution in [-0.2, 0) is 0 Å². The van der Waals surface area contributed by atoms with Gasteiger partial charge in [0.1, 0.15) is 11.9 Å². The highest BCUT2D eigenvalue weighted by Crippen LogP contribution is 2.34. The minimum Gasteiger partial charge on any atom is -0.485 e. The minimum absolute atomic E-state index is 0.181. The molecule has 0 spiro atoms.